The number of halogens is 2. The van der Waals surface area contributed by atoms with Gasteiger partial charge >= 0.3 is 0 Å². The van der Waals surface area contributed by atoms with E-state index >= 15 is 0 Å². The summed E-state index contributed by atoms with van der Waals surface area (Å²) in [6, 6.07) is 9.33. The van der Waals surface area contributed by atoms with Gasteiger partial charge in [-0.2, -0.15) is 0 Å². The van der Waals surface area contributed by atoms with Gasteiger partial charge in [0.1, 0.15) is 5.82 Å². The number of hydrogen-bond acceptors (Lipinski definition) is 5. The molecule has 1 amide bonds. The monoisotopic (exact) mass is 546 g/mol. The Bertz CT molecular complexity index is 870. The van der Waals surface area contributed by atoms with Crippen LogP contribution >= 0.6 is 24.0 Å². The lowest BCUT2D eigenvalue weighted by Gasteiger charge is -2.14. The Hall–Kier alpha value is -2.76. The first-order valence-corrected chi connectivity index (χ1v) is 9.37. The number of nitrogens with zero attached hydrogens (tertiary/aromatic N) is 1. The molecule has 10 heteroatoms. The molecule has 2 aromatic rings. The van der Waals surface area contributed by atoms with Crippen molar-refractivity contribution in [1.29, 1.82) is 0 Å². The quantitative estimate of drug-likeness (QED) is 0.254. The number of methoxy groups -OCH3 is 3. The molecule has 2 rings (SSSR count). The minimum Gasteiger partial charge on any atom is -0.493 e. The average molecular weight is 546 g/mol. The standard InChI is InChI=1S/C21H27FN4O4.HI/c1-5-23-21(25-13-19(27)26-16-8-6-7-15(22)11-16)24-12-14-9-17(28-2)20(30-4)18(10-14)29-3;/h6-11H,5,12-13H2,1-4H3,(H,26,27)(H2,23,24,25);1H. The zero-order valence-electron chi connectivity index (χ0n) is 18.0. The van der Waals surface area contributed by atoms with Crippen molar-refractivity contribution in [2.24, 2.45) is 4.99 Å². The van der Waals surface area contributed by atoms with Crippen LogP contribution in [0, 0.1) is 5.82 Å². The van der Waals surface area contributed by atoms with Crippen LogP contribution in [-0.2, 0) is 11.3 Å². The molecule has 0 spiro atoms. The molecule has 0 saturated heterocycles. The highest BCUT2D eigenvalue weighted by molar-refractivity contribution is 14.0. The Morgan fingerprint density at radius 3 is 2.26 bits per heavy atom. The average Bonchev–Trinajstić information content (AvgIpc) is 2.74. The van der Waals surface area contributed by atoms with Crippen LogP contribution in [0.4, 0.5) is 10.1 Å². The molecule has 0 radical (unpaired) electrons. The van der Waals surface area contributed by atoms with E-state index < -0.39 is 5.82 Å². The smallest absolute Gasteiger partial charge is 0.243 e. The summed E-state index contributed by atoms with van der Waals surface area (Å²) in [4.78, 5) is 16.6. The molecule has 8 nitrogen and oxygen atoms in total. The van der Waals surface area contributed by atoms with Gasteiger partial charge in [0.15, 0.2) is 17.5 Å². The van der Waals surface area contributed by atoms with Gasteiger partial charge in [-0.1, -0.05) is 6.07 Å². The van der Waals surface area contributed by atoms with Crippen molar-refractivity contribution in [2.75, 3.05) is 39.7 Å². The lowest BCUT2D eigenvalue weighted by atomic mass is 10.2. The van der Waals surface area contributed by atoms with E-state index in [0.29, 0.717) is 42.0 Å². The van der Waals surface area contributed by atoms with E-state index in [0.717, 1.165) is 5.56 Å². The molecule has 0 atom stereocenters. The van der Waals surface area contributed by atoms with Crippen molar-refractivity contribution in [3.8, 4) is 17.2 Å². The molecule has 0 aromatic heterocycles. The predicted molar refractivity (Wildman–Crippen MR) is 129 cm³/mol. The molecule has 170 valence electrons. The first-order chi connectivity index (χ1) is 14.5. The lowest BCUT2D eigenvalue weighted by Crippen LogP contribution is -2.41. The molecule has 0 aliphatic carbocycles. The fourth-order valence-corrected chi connectivity index (χ4v) is 2.67. The minimum absolute atomic E-state index is 0. The maximum Gasteiger partial charge on any atom is 0.243 e. The van der Waals surface area contributed by atoms with E-state index in [2.05, 4.69) is 20.9 Å². The highest BCUT2D eigenvalue weighted by Crippen LogP contribution is 2.38. The first kappa shape index (κ1) is 26.3. The number of rotatable bonds is 9. The second-order valence-electron chi connectivity index (χ2n) is 6.14. The Kier molecular flexibility index (Phi) is 11.5. The van der Waals surface area contributed by atoms with Gasteiger partial charge in [0.2, 0.25) is 11.7 Å². The van der Waals surface area contributed by atoms with Crippen LogP contribution in [0.25, 0.3) is 0 Å². The van der Waals surface area contributed by atoms with Crippen molar-refractivity contribution in [3.05, 3.63) is 47.8 Å². The fourth-order valence-electron chi connectivity index (χ4n) is 2.67. The molecular formula is C21H28FIN4O4. The van der Waals surface area contributed by atoms with Crippen LogP contribution in [0.1, 0.15) is 12.5 Å². The number of aliphatic imine (C=N–C) groups is 1. The maximum absolute atomic E-state index is 13.2. The summed E-state index contributed by atoms with van der Waals surface area (Å²) in [6.45, 7) is 2.82. The third-order valence-electron chi connectivity index (χ3n) is 4.01. The molecular weight excluding hydrogens is 518 g/mol. The van der Waals surface area contributed by atoms with Crippen molar-refractivity contribution in [3.63, 3.8) is 0 Å². The van der Waals surface area contributed by atoms with E-state index in [-0.39, 0.29) is 36.4 Å². The first-order valence-electron chi connectivity index (χ1n) is 9.37. The van der Waals surface area contributed by atoms with Crippen molar-refractivity contribution in [1.82, 2.24) is 10.6 Å². The van der Waals surface area contributed by atoms with Gasteiger partial charge in [0.25, 0.3) is 0 Å². The summed E-state index contributed by atoms with van der Waals surface area (Å²) in [7, 11) is 4.64. The van der Waals surface area contributed by atoms with Gasteiger partial charge in [-0.15, -0.1) is 24.0 Å². The Morgan fingerprint density at radius 2 is 1.71 bits per heavy atom. The van der Waals surface area contributed by atoms with Crippen molar-refractivity contribution >= 4 is 41.5 Å². The number of benzene rings is 2. The van der Waals surface area contributed by atoms with Crippen molar-refractivity contribution < 1.29 is 23.4 Å². The number of carbonyl (C=O) groups is 1. The molecule has 31 heavy (non-hydrogen) atoms. The lowest BCUT2D eigenvalue weighted by molar-refractivity contribution is -0.115. The Labute approximate surface area is 198 Å². The predicted octanol–water partition coefficient (Wildman–Crippen LogP) is 3.16. The molecule has 0 aliphatic heterocycles. The van der Waals surface area contributed by atoms with Gasteiger partial charge in [0, 0.05) is 12.2 Å². The summed E-state index contributed by atoms with van der Waals surface area (Å²) in [5.74, 6) is 1.30. The summed E-state index contributed by atoms with van der Waals surface area (Å²) >= 11 is 0. The van der Waals surface area contributed by atoms with E-state index in [1.807, 2.05) is 19.1 Å². The van der Waals surface area contributed by atoms with Gasteiger partial charge < -0.3 is 30.2 Å². The minimum atomic E-state index is -0.416. The molecule has 0 bridgehead atoms. The van der Waals surface area contributed by atoms with Crippen LogP contribution in [0.2, 0.25) is 0 Å². The number of nitrogens with one attached hydrogen (secondary N) is 3. The molecule has 0 heterocycles. The molecule has 0 saturated carbocycles. The Balaban J connectivity index is 0.00000480. The number of amides is 1. The summed E-state index contributed by atoms with van der Waals surface area (Å²) in [5.41, 5.74) is 1.23. The topological polar surface area (TPSA) is 93.2 Å². The summed E-state index contributed by atoms with van der Waals surface area (Å²) in [5, 5.41) is 8.65. The molecule has 3 N–H and O–H groups in total. The largest absolute Gasteiger partial charge is 0.493 e. The highest BCUT2D eigenvalue weighted by atomic mass is 127. The van der Waals surface area contributed by atoms with Crippen LogP contribution in [0.3, 0.4) is 0 Å². The SMILES string of the molecule is CCNC(=NCc1cc(OC)c(OC)c(OC)c1)NCC(=O)Nc1cccc(F)c1.I. The fraction of sp³-hybridized carbons (Fsp3) is 0.333. The van der Waals surface area contributed by atoms with Gasteiger partial charge in [0.05, 0.1) is 34.4 Å². The van der Waals surface area contributed by atoms with Gasteiger partial charge in [-0.25, -0.2) is 9.38 Å². The van der Waals surface area contributed by atoms with Crippen LogP contribution in [-0.4, -0.2) is 46.3 Å². The molecule has 2 aromatic carbocycles. The zero-order chi connectivity index (χ0) is 21.9. The second-order valence-corrected chi connectivity index (χ2v) is 6.14. The normalized spacial score (nSPS) is 10.5. The van der Waals surface area contributed by atoms with Gasteiger partial charge in [-0.3, -0.25) is 4.79 Å². The molecule has 0 unspecified atom stereocenters. The number of anilines is 1. The summed E-state index contributed by atoms with van der Waals surface area (Å²) < 4.78 is 29.3. The van der Waals surface area contributed by atoms with Crippen LogP contribution < -0.4 is 30.2 Å². The van der Waals surface area contributed by atoms with Crippen LogP contribution in [0.15, 0.2) is 41.4 Å². The highest BCUT2D eigenvalue weighted by Gasteiger charge is 2.13. The van der Waals surface area contributed by atoms with Crippen LogP contribution in [0.5, 0.6) is 17.2 Å². The second kappa shape index (κ2) is 13.5. The third kappa shape index (κ3) is 8.12. The maximum atomic E-state index is 13.2. The van der Waals surface area contributed by atoms with E-state index in [4.69, 9.17) is 14.2 Å². The Morgan fingerprint density at radius 1 is 1.03 bits per heavy atom. The van der Waals surface area contributed by atoms with E-state index in [1.165, 1.54) is 18.2 Å². The van der Waals surface area contributed by atoms with E-state index in [9.17, 15) is 9.18 Å². The van der Waals surface area contributed by atoms with Crippen molar-refractivity contribution in [2.45, 2.75) is 13.5 Å². The number of hydrogen-bond donors (Lipinski definition) is 3. The number of guanidine groups is 1. The molecule has 0 fully saturated rings. The number of ether oxygens (including phenoxy) is 3. The summed E-state index contributed by atoms with van der Waals surface area (Å²) in [6.07, 6.45) is 0. The molecule has 0 aliphatic rings. The number of carbonyl (C=O) groups excluding carboxylic acids is 1. The third-order valence-corrected chi connectivity index (χ3v) is 4.01. The van der Waals surface area contributed by atoms with Gasteiger partial charge in [-0.05, 0) is 42.8 Å². The van der Waals surface area contributed by atoms with E-state index in [1.54, 1.807) is 27.4 Å². The zero-order valence-corrected chi connectivity index (χ0v) is 20.3.